The average molecular weight is 507 g/mol. The molecule has 0 radical (unpaired) electrons. The van der Waals surface area contributed by atoms with Gasteiger partial charge in [-0.2, -0.15) is 13.2 Å². The quantitative estimate of drug-likeness (QED) is 0.387. The lowest BCUT2D eigenvalue weighted by Gasteiger charge is -2.18. The normalized spacial score (nSPS) is 12.2. The molecule has 0 saturated carbocycles. The number of aromatic nitrogens is 1. The Hall–Kier alpha value is -3.59. The largest absolute Gasteiger partial charge is 0.492 e. The van der Waals surface area contributed by atoms with Gasteiger partial charge in [-0.05, 0) is 49.7 Å². The smallest absolute Gasteiger partial charge is 0.416 e. The lowest BCUT2D eigenvalue weighted by Crippen LogP contribution is -2.31. The summed E-state index contributed by atoms with van der Waals surface area (Å²) in [7, 11) is 0. The second kappa shape index (κ2) is 10.8. The number of amides is 1. The van der Waals surface area contributed by atoms with Crippen molar-refractivity contribution in [2.24, 2.45) is 0 Å². The second-order valence-electron chi connectivity index (χ2n) is 7.70. The Labute approximate surface area is 204 Å². The third-order valence-corrected chi connectivity index (χ3v) is 5.43. The molecule has 0 aliphatic carbocycles. The molecule has 1 aromatic heterocycles. The number of alkyl halides is 3. The minimum absolute atomic E-state index is 0.00702. The fraction of sp³-hybridized carbons (Fsp3) is 0.240. The van der Waals surface area contributed by atoms with Gasteiger partial charge < -0.3 is 15.2 Å². The average Bonchev–Trinajstić information content (AvgIpc) is 2.79. The molecule has 6 nitrogen and oxygen atoms in total. The summed E-state index contributed by atoms with van der Waals surface area (Å²) in [6.45, 7) is 3.76. The van der Waals surface area contributed by atoms with Crippen molar-refractivity contribution in [1.82, 2.24) is 10.3 Å². The molecule has 1 amide bonds. The third kappa shape index (κ3) is 6.51. The molecule has 2 N–H and O–H groups in total. The van der Waals surface area contributed by atoms with Crippen molar-refractivity contribution >= 4 is 23.5 Å². The summed E-state index contributed by atoms with van der Waals surface area (Å²) in [4.78, 5) is 28.7. The van der Waals surface area contributed by atoms with Gasteiger partial charge in [-0.3, -0.25) is 9.59 Å². The van der Waals surface area contributed by atoms with E-state index in [1.807, 2.05) is 6.92 Å². The summed E-state index contributed by atoms with van der Waals surface area (Å²) in [6, 6.07) is 11.7. The van der Waals surface area contributed by atoms with Gasteiger partial charge in [0.1, 0.15) is 17.1 Å². The summed E-state index contributed by atoms with van der Waals surface area (Å²) in [6.07, 6.45) is -4.99. The number of ether oxygens (including phenoxy) is 1. The van der Waals surface area contributed by atoms with Crippen LogP contribution in [0.4, 0.5) is 13.2 Å². The molecule has 184 valence electrons. The minimum atomic E-state index is -4.61. The van der Waals surface area contributed by atoms with E-state index < -0.39 is 29.7 Å². The van der Waals surface area contributed by atoms with Crippen LogP contribution in [-0.4, -0.2) is 28.6 Å². The summed E-state index contributed by atoms with van der Waals surface area (Å²) in [5.41, 5.74) is 0.376. The van der Waals surface area contributed by atoms with E-state index in [2.05, 4.69) is 10.3 Å². The molecule has 0 spiro atoms. The van der Waals surface area contributed by atoms with Crippen LogP contribution in [0.15, 0.2) is 54.6 Å². The summed E-state index contributed by atoms with van der Waals surface area (Å²) >= 11 is 6.19. The molecule has 1 heterocycles. The number of carbonyl (C=O) groups excluding carboxylic acids is 1. The molecule has 35 heavy (non-hydrogen) atoms. The molecule has 3 aromatic rings. The van der Waals surface area contributed by atoms with E-state index >= 15 is 0 Å². The minimum Gasteiger partial charge on any atom is -0.492 e. The van der Waals surface area contributed by atoms with E-state index in [1.54, 1.807) is 31.2 Å². The van der Waals surface area contributed by atoms with Gasteiger partial charge in [-0.25, -0.2) is 4.98 Å². The molecule has 1 unspecified atom stereocenters. The van der Waals surface area contributed by atoms with E-state index in [0.29, 0.717) is 5.56 Å². The third-order valence-electron chi connectivity index (χ3n) is 5.10. The maximum Gasteiger partial charge on any atom is 0.416 e. The van der Waals surface area contributed by atoms with Crippen molar-refractivity contribution in [2.45, 2.75) is 32.5 Å². The van der Waals surface area contributed by atoms with E-state index in [0.717, 1.165) is 23.8 Å². The first kappa shape index (κ1) is 26.0. The number of carboxylic acid groups (broad SMARTS) is 1. The number of pyridine rings is 1. The zero-order valence-electron chi connectivity index (χ0n) is 18.8. The number of carboxylic acids is 1. The van der Waals surface area contributed by atoms with Gasteiger partial charge in [-0.1, -0.05) is 41.4 Å². The first-order chi connectivity index (χ1) is 16.5. The van der Waals surface area contributed by atoms with Crippen LogP contribution >= 0.6 is 11.6 Å². The Morgan fingerprint density at radius 1 is 1.11 bits per heavy atom. The number of aliphatic carboxylic acids is 1. The monoisotopic (exact) mass is 506 g/mol. The van der Waals surface area contributed by atoms with E-state index in [9.17, 15) is 27.9 Å². The highest BCUT2D eigenvalue weighted by Crippen LogP contribution is 2.38. The second-order valence-corrected chi connectivity index (χ2v) is 8.11. The van der Waals surface area contributed by atoms with Crippen molar-refractivity contribution in [3.63, 3.8) is 0 Å². The van der Waals surface area contributed by atoms with Gasteiger partial charge in [0.05, 0.1) is 29.7 Å². The number of rotatable bonds is 8. The molecule has 3 rings (SSSR count). The summed E-state index contributed by atoms with van der Waals surface area (Å²) in [5, 5.41) is 11.9. The van der Waals surface area contributed by atoms with Gasteiger partial charge in [0.25, 0.3) is 5.91 Å². The Balaban J connectivity index is 2.01. The number of hydrogen-bond acceptors (Lipinski definition) is 4. The maximum absolute atomic E-state index is 13.3. The highest BCUT2D eigenvalue weighted by molar-refractivity contribution is 6.33. The first-order valence-corrected chi connectivity index (χ1v) is 11.0. The van der Waals surface area contributed by atoms with Crippen LogP contribution < -0.4 is 10.1 Å². The number of benzene rings is 2. The predicted octanol–water partition coefficient (Wildman–Crippen LogP) is 6.07. The van der Waals surface area contributed by atoms with Crippen LogP contribution in [0.3, 0.4) is 0 Å². The highest BCUT2D eigenvalue weighted by atomic mass is 35.5. The Morgan fingerprint density at radius 3 is 2.40 bits per heavy atom. The standard InChI is InChI=1S/C25H22ClF3N2O4/c1-3-35-21-11-10-19(30-23(21)17-12-16(25(27,28)29)8-9-18(17)26)24(34)31-20(13-22(32)33)15-6-4-14(2)5-7-15/h4-12,20H,3,13H2,1-2H3,(H,31,34)(H,32,33). The lowest BCUT2D eigenvalue weighted by atomic mass is 10.0. The summed E-state index contributed by atoms with van der Waals surface area (Å²) in [5.74, 6) is -1.68. The maximum atomic E-state index is 13.3. The molecule has 2 aromatic carbocycles. The van der Waals surface area contributed by atoms with Gasteiger partial charge >= 0.3 is 12.1 Å². The van der Waals surface area contributed by atoms with E-state index in [-0.39, 0.29) is 40.8 Å². The molecular weight excluding hydrogens is 485 g/mol. The number of halogens is 4. The zero-order chi connectivity index (χ0) is 25.8. The topological polar surface area (TPSA) is 88.5 Å². The van der Waals surface area contributed by atoms with Crippen LogP contribution in [0, 0.1) is 6.92 Å². The first-order valence-electron chi connectivity index (χ1n) is 10.6. The summed E-state index contributed by atoms with van der Waals surface area (Å²) < 4.78 is 45.4. The fourth-order valence-electron chi connectivity index (χ4n) is 3.38. The zero-order valence-corrected chi connectivity index (χ0v) is 19.6. The molecule has 0 bridgehead atoms. The molecule has 0 fully saturated rings. The lowest BCUT2D eigenvalue weighted by molar-refractivity contribution is -0.138. The predicted molar refractivity (Wildman–Crippen MR) is 124 cm³/mol. The number of nitrogens with one attached hydrogen (secondary N) is 1. The van der Waals surface area contributed by atoms with Crippen molar-refractivity contribution in [3.8, 4) is 17.0 Å². The van der Waals surface area contributed by atoms with E-state index in [1.165, 1.54) is 12.1 Å². The van der Waals surface area contributed by atoms with Crippen molar-refractivity contribution in [2.75, 3.05) is 6.61 Å². The SMILES string of the molecule is CCOc1ccc(C(=O)NC(CC(=O)O)c2ccc(C)cc2)nc1-c1cc(C(F)(F)F)ccc1Cl. The number of carbonyl (C=O) groups is 2. The highest BCUT2D eigenvalue weighted by Gasteiger charge is 2.32. The molecule has 0 aliphatic heterocycles. The fourth-order valence-corrected chi connectivity index (χ4v) is 3.59. The van der Waals surface area contributed by atoms with Crippen molar-refractivity contribution < 1.29 is 32.6 Å². The molecule has 10 heteroatoms. The molecule has 0 saturated heterocycles. The number of nitrogens with zero attached hydrogens (tertiary/aromatic N) is 1. The van der Waals surface area contributed by atoms with Crippen LogP contribution in [0.5, 0.6) is 5.75 Å². The van der Waals surface area contributed by atoms with Crippen molar-refractivity contribution in [3.05, 3.63) is 82.0 Å². The van der Waals surface area contributed by atoms with Gasteiger partial charge in [-0.15, -0.1) is 0 Å². The van der Waals surface area contributed by atoms with Crippen LogP contribution in [0.25, 0.3) is 11.3 Å². The van der Waals surface area contributed by atoms with E-state index in [4.69, 9.17) is 16.3 Å². The van der Waals surface area contributed by atoms with Gasteiger partial charge in [0, 0.05) is 5.56 Å². The van der Waals surface area contributed by atoms with Crippen LogP contribution in [-0.2, 0) is 11.0 Å². The van der Waals surface area contributed by atoms with Gasteiger partial charge in [0.15, 0.2) is 0 Å². The van der Waals surface area contributed by atoms with Gasteiger partial charge in [0.2, 0.25) is 0 Å². The Kier molecular flexibility index (Phi) is 8.01. The number of aryl methyl sites for hydroxylation is 1. The van der Waals surface area contributed by atoms with Crippen LogP contribution in [0.2, 0.25) is 5.02 Å². The van der Waals surface area contributed by atoms with Crippen LogP contribution in [0.1, 0.15) is 46.6 Å². The molecule has 1 atom stereocenters. The Bertz CT molecular complexity index is 1230. The molecule has 0 aliphatic rings. The van der Waals surface area contributed by atoms with Crippen molar-refractivity contribution in [1.29, 1.82) is 0 Å². The number of hydrogen-bond donors (Lipinski definition) is 2. The molecular formula is C25H22ClF3N2O4. The Morgan fingerprint density at radius 2 is 1.80 bits per heavy atom.